The molecule has 1 unspecified atom stereocenters. The Hall–Kier alpha value is -1.18. The first-order valence-electron chi connectivity index (χ1n) is 8.65. The maximum absolute atomic E-state index is 12.4. The van der Waals surface area contributed by atoms with E-state index in [4.69, 9.17) is 10.5 Å². The molecule has 2 aliphatic heterocycles. The van der Waals surface area contributed by atoms with E-state index in [1.807, 2.05) is 4.90 Å². The molecule has 0 aromatic heterocycles. The molecule has 2 amide bonds. The molecule has 2 N–H and O–H groups in total. The molecule has 2 heterocycles. The number of nitrogens with two attached hydrogens (primary N) is 1. The van der Waals surface area contributed by atoms with Crippen LogP contribution in [0, 0.1) is 0 Å². The molecule has 132 valence electrons. The van der Waals surface area contributed by atoms with Crippen LogP contribution in [0.25, 0.3) is 0 Å². The standard InChI is InChI=1S/C16H30N4O3/c1-23-13-14(17)16(22)20-10-8-18(9-11-20)12-15(21)19-6-4-2-3-5-7-19/h14H,2-13,17H2,1H3. The summed E-state index contributed by atoms with van der Waals surface area (Å²) in [5.41, 5.74) is 5.80. The summed E-state index contributed by atoms with van der Waals surface area (Å²) in [6.45, 7) is 5.20. The van der Waals surface area contributed by atoms with Gasteiger partial charge in [0.15, 0.2) is 0 Å². The number of carbonyl (C=O) groups excluding carboxylic acids is 2. The zero-order chi connectivity index (χ0) is 16.7. The molecule has 0 aromatic carbocycles. The van der Waals surface area contributed by atoms with Gasteiger partial charge in [0.05, 0.1) is 13.2 Å². The zero-order valence-corrected chi connectivity index (χ0v) is 14.2. The Morgan fingerprint density at radius 1 is 0.957 bits per heavy atom. The maximum Gasteiger partial charge on any atom is 0.241 e. The second-order valence-electron chi connectivity index (χ2n) is 6.46. The molecule has 2 rings (SSSR count). The molecule has 2 aliphatic rings. The van der Waals surface area contributed by atoms with Crippen LogP contribution in [0.5, 0.6) is 0 Å². The predicted molar refractivity (Wildman–Crippen MR) is 87.9 cm³/mol. The Balaban J connectivity index is 1.73. The lowest BCUT2D eigenvalue weighted by atomic mass is 10.2. The van der Waals surface area contributed by atoms with Crippen molar-refractivity contribution >= 4 is 11.8 Å². The number of amides is 2. The van der Waals surface area contributed by atoms with Gasteiger partial charge < -0.3 is 20.3 Å². The molecule has 23 heavy (non-hydrogen) atoms. The summed E-state index contributed by atoms with van der Waals surface area (Å²) in [5, 5.41) is 0. The molecule has 0 saturated carbocycles. The molecule has 1 atom stereocenters. The van der Waals surface area contributed by atoms with Crippen molar-refractivity contribution in [2.24, 2.45) is 5.73 Å². The summed E-state index contributed by atoms with van der Waals surface area (Å²) >= 11 is 0. The lowest BCUT2D eigenvalue weighted by Crippen LogP contribution is -2.55. The monoisotopic (exact) mass is 326 g/mol. The Morgan fingerprint density at radius 2 is 1.57 bits per heavy atom. The van der Waals surface area contributed by atoms with Crippen LogP contribution < -0.4 is 5.73 Å². The van der Waals surface area contributed by atoms with Gasteiger partial charge in [0.1, 0.15) is 6.04 Å². The van der Waals surface area contributed by atoms with Crippen molar-refractivity contribution < 1.29 is 14.3 Å². The van der Waals surface area contributed by atoms with Crippen molar-refractivity contribution in [3.63, 3.8) is 0 Å². The molecule has 0 aliphatic carbocycles. The van der Waals surface area contributed by atoms with Gasteiger partial charge in [-0.25, -0.2) is 0 Å². The third kappa shape index (κ3) is 5.44. The minimum Gasteiger partial charge on any atom is -0.383 e. The lowest BCUT2D eigenvalue weighted by molar-refractivity contribution is -0.136. The van der Waals surface area contributed by atoms with E-state index in [0.717, 1.165) is 39.0 Å². The number of likely N-dealkylation sites (tertiary alicyclic amines) is 1. The van der Waals surface area contributed by atoms with Crippen LogP contribution in [0.2, 0.25) is 0 Å². The van der Waals surface area contributed by atoms with Gasteiger partial charge in [-0.05, 0) is 12.8 Å². The van der Waals surface area contributed by atoms with Crippen LogP contribution in [-0.4, -0.2) is 92.1 Å². The van der Waals surface area contributed by atoms with Gasteiger partial charge >= 0.3 is 0 Å². The highest BCUT2D eigenvalue weighted by Crippen LogP contribution is 2.11. The Morgan fingerprint density at radius 3 is 2.13 bits per heavy atom. The average molecular weight is 326 g/mol. The van der Waals surface area contributed by atoms with Crippen LogP contribution >= 0.6 is 0 Å². The first-order valence-corrected chi connectivity index (χ1v) is 8.65. The van der Waals surface area contributed by atoms with Gasteiger partial charge in [-0.3, -0.25) is 14.5 Å². The molecule has 0 bridgehead atoms. The Labute approximate surface area is 138 Å². The fourth-order valence-corrected chi connectivity index (χ4v) is 3.22. The van der Waals surface area contributed by atoms with E-state index < -0.39 is 6.04 Å². The summed E-state index contributed by atoms with van der Waals surface area (Å²) in [6.07, 6.45) is 4.69. The molecule has 7 nitrogen and oxygen atoms in total. The van der Waals surface area contributed by atoms with Crippen molar-refractivity contribution in [2.45, 2.75) is 31.7 Å². The molecular formula is C16H30N4O3. The maximum atomic E-state index is 12.4. The summed E-state index contributed by atoms with van der Waals surface area (Å²) in [7, 11) is 1.54. The molecule has 2 fully saturated rings. The number of hydrogen-bond acceptors (Lipinski definition) is 5. The Bertz CT molecular complexity index is 389. The first kappa shape index (κ1) is 18.2. The van der Waals surface area contributed by atoms with E-state index >= 15 is 0 Å². The van der Waals surface area contributed by atoms with Crippen molar-refractivity contribution in [3.8, 4) is 0 Å². The number of piperazine rings is 1. The fourth-order valence-electron chi connectivity index (χ4n) is 3.22. The van der Waals surface area contributed by atoms with Gasteiger partial charge in [0.2, 0.25) is 11.8 Å². The summed E-state index contributed by atoms with van der Waals surface area (Å²) in [5.74, 6) is 0.160. The second-order valence-corrected chi connectivity index (χ2v) is 6.46. The normalized spacial score (nSPS) is 21.8. The zero-order valence-electron chi connectivity index (χ0n) is 14.2. The van der Waals surface area contributed by atoms with Gasteiger partial charge in [0.25, 0.3) is 0 Å². The van der Waals surface area contributed by atoms with Crippen LogP contribution in [0.15, 0.2) is 0 Å². The predicted octanol–water partition coefficient (Wildman–Crippen LogP) is -0.493. The van der Waals surface area contributed by atoms with Crippen LogP contribution in [0.4, 0.5) is 0 Å². The molecule has 7 heteroatoms. The minimum atomic E-state index is -0.592. The molecule has 0 radical (unpaired) electrons. The van der Waals surface area contributed by atoms with E-state index in [1.54, 1.807) is 12.0 Å². The number of hydrogen-bond donors (Lipinski definition) is 1. The minimum absolute atomic E-state index is 0.0645. The van der Waals surface area contributed by atoms with E-state index in [-0.39, 0.29) is 18.4 Å². The number of carbonyl (C=O) groups is 2. The quantitative estimate of drug-likeness (QED) is 0.737. The molecule has 0 aromatic rings. The third-order valence-corrected chi connectivity index (χ3v) is 4.67. The fraction of sp³-hybridized carbons (Fsp3) is 0.875. The SMILES string of the molecule is COCC(N)C(=O)N1CCN(CC(=O)N2CCCCCC2)CC1. The third-order valence-electron chi connectivity index (χ3n) is 4.67. The van der Waals surface area contributed by atoms with Crippen molar-refractivity contribution in [1.29, 1.82) is 0 Å². The van der Waals surface area contributed by atoms with Crippen molar-refractivity contribution in [1.82, 2.24) is 14.7 Å². The summed E-state index contributed by atoms with van der Waals surface area (Å²) < 4.78 is 4.93. The number of nitrogens with zero attached hydrogens (tertiary/aromatic N) is 3. The summed E-state index contributed by atoms with van der Waals surface area (Å²) in [6, 6.07) is -0.592. The van der Waals surface area contributed by atoms with Crippen LogP contribution in [0.3, 0.4) is 0 Å². The summed E-state index contributed by atoms with van der Waals surface area (Å²) in [4.78, 5) is 30.4. The highest BCUT2D eigenvalue weighted by molar-refractivity contribution is 5.82. The van der Waals surface area contributed by atoms with E-state index in [9.17, 15) is 9.59 Å². The van der Waals surface area contributed by atoms with Gasteiger partial charge in [-0.15, -0.1) is 0 Å². The largest absolute Gasteiger partial charge is 0.383 e. The van der Waals surface area contributed by atoms with Crippen molar-refractivity contribution in [3.05, 3.63) is 0 Å². The molecule has 0 spiro atoms. The van der Waals surface area contributed by atoms with Crippen molar-refractivity contribution in [2.75, 3.05) is 59.5 Å². The number of methoxy groups -OCH3 is 1. The van der Waals surface area contributed by atoms with Gasteiger partial charge in [0, 0.05) is 46.4 Å². The highest BCUT2D eigenvalue weighted by atomic mass is 16.5. The van der Waals surface area contributed by atoms with Crippen LogP contribution in [-0.2, 0) is 14.3 Å². The van der Waals surface area contributed by atoms with E-state index in [2.05, 4.69) is 4.90 Å². The van der Waals surface area contributed by atoms with E-state index in [0.29, 0.717) is 19.6 Å². The second kappa shape index (κ2) is 9.20. The number of ether oxygens (including phenoxy) is 1. The smallest absolute Gasteiger partial charge is 0.241 e. The van der Waals surface area contributed by atoms with Crippen LogP contribution in [0.1, 0.15) is 25.7 Å². The van der Waals surface area contributed by atoms with Gasteiger partial charge in [-0.1, -0.05) is 12.8 Å². The highest BCUT2D eigenvalue weighted by Gasteiger charge is 2.27. The van der Waals surface area contributed by atoms with Gasteiger partial charge in [-0.2, -0.15) is 0 Å². The average Bonchev–Trinajstić information content (AvgIpc) is 2.84. The first-order chi connectivity index (χ1) is 11.1. The molecule has 2 saturated heterocycles. The Kier molecular flexibility index (Phi) is 7.26. The van der Waals surface area contributed by atoms with E-state index in [1.165, 1.54) is 12.8 Å². The lowest BCUT2D eigenvalue weighted by Gasteiger charge is -2.36. The number of rotatable bonds is 5. The topological polar surface area (TPSA) is 79.1 Å². The molecular weight excluding hydrogens is 296 g/mol.